The van der Waals surface area contributed by atoms with Crippen molar-refractivity contribution in [1.29, 1.82) is 0 Å². The van der Waals surface area contributed by atoms with E-state index in [-0.39, 0.29) is 13.0 Å². The molecule has 0 radical (unpaired) electrons. The van der Waals surface area contributed by atoms with Gasteiger partial charge in [-0.1, -0.05) is 30.3 Å². The summed E-state index contributed by atoms with van der Waals surface area (Å²) in [6.45, 7) is -0.490. The molecule has 23 heavy (non-hydrogen) atoms. The van der Waals surface area contributed by atoms with Crippen LogP contribution >= 0.6 is 0 Å². The summed E-state index contributed by atoms with van der Waals surface area (Å²) in [4.78, 5) is 13.4. The molecule has 0 N–H and O–H groups in total. The molecule has 0 aromatic heterocycles. The number of halogens is 2. The van der Waals surface area contributed by atoms with Crippen LogP contribution in [0.2, 0.25) is 0 Å². The molecule has 1 aliphatic heterocycles. The molecule has 6 heteroatoms. The number of methoxy groups -OCH3 is 1. The monoisotopic (exact) mass is 323 g/mol. The molecule has 2 atom stereocenters. The van der Waals surface area contributed by atoms with Crippen LogP contribution in [0.3, 0.4) is 0 Å². The highest BCUT2D eigenvalue weighted by Crippen LogP contribution is 2.49. The molecule has 1 aromatic rings. The largest absolute Gasteiger partial charge is 0.504 e. The van der Waals surface area contributed by atoms with Gasteiger partial charge in [-0.15, -0.1) is 0 Å². The molecule has 0 bridgehead atoms. The van der Waals surface area contributed by atoms with Crippen molar-refractivity contribution in [1.82, 2.24) is 4.90 Å². The second-order valence-corrected chi connectivity index (χ2v) is 6.02. The molecule has 2 aliphatic rings. The van der Waals surface area contributed by atoms with Gasteiger partial charge in [0.25, 0.3) is 5.92 Å². The van der Waals surface area contributed by atoms with E-state index in [9.17, 15) is 13.6 Å². The van der Waals surface area contributed by atoms with Crippen LogP contribution in [-0.4, -0.2) is 36.6 Å². The van der Waals surface area contributed by atoms with Crippen LogP contribution in [-0.2, 0) is 16.1 Å². The molecular formula is C17H19F2NO3. The fourth-order valence-corrected chi connectivity index (χ4v) is 3.40. The van der Waals surface area contributed by atoms with Crippen LogP contribution in [0.1, 0.15) is 18.4 Å². The Morgan fingerprint density at radius 1 is 1.35 bits per heavy atom. The molecule has 0 spiro atoms. The molecule has 1 amide bonds. The Balaban J connectivity index is 1.67. The van der Waals surface area contributed by atoms with Crippen molar-refractivity contribution in [2.75, 3.05) is 13.7 Å². The molecule has 1 saturated carbocycles. The Morgan fingerprint density at radius 2 is 2.09 bits per heavy atom. The van der Waals surface area contributed by atoms with Crippen molar-refractivity contribution < 1.29 is 23.0 Å². The van der Waals surface area contributed by atoms with Gasteiger partial charge in [0.15, 0.2) is 0 Å². The Morgan fingerprint density at radius 3 is 2.78 bits per heavy atom. The van der Waals surface area contributed by atoms with Crippen molar-refractivity contribution >= 4 is 6.09 Å². The first-order valence-electron chi connectivity index (χ1n) is 7.57. The quantitative estimate of drug-likeness (QED) is 0.798. The van der Waals surface area contributed by atoms with Gasteiger partial charge < -0.3 is 9.47 Å². The van der Waals surface area contributed by atoms with Crippen LogP contribution in [0.5, 0.6) is 0 Å². The maximum Gasteiger partial charge on any atom is 0.410 e. The van der Waals surface area contributed by atoms with Crippen LogP contribution in [0.25, 0.3) is 0 Å². The van der Waals surface area contributed by atoms with E-state index >= 15 is 0 Å². The van der Waals surface area contributed by atoms with Gasteiger partial charge in [0.1, 0.15) is 6.61 Å². The van der Waals surface area contributed by atoms with Crippen molar-refractivity contribution in [3.05, 3.63) is 47.7 Å². The summed E-state index contributed by atoms with van der Waals surface area (Å²) in [5, 5.41) is 0. The number of fused-ring (bicyclic) bond motifs is 1. The number of carbonyl (C=O) groups excluding carboxylic acids is 1. The summed E-state index contributed by atoms with van der Waals surface area (Å²) in [6, 6.07) is 8.66. The van der Waals surface area contributed by atoms with Gasteiger partial charge in [0.05, 0.1) is 19.9 Å². The topological polar surface area (TPSA) is 38.8 Å². The number of rotatable bonds is 3. The first-order valence-corrected chi connectivity index (χ1v) is 7.57. The second-order valence-electron chi connectivity index (χ2n) is 6.02. The van der Waals surface area contributed by atoms with E-state index in [1.807, 2.05) is 30.3 Å². The van der Waals surface area contributed by atoms with Crippen molar-refractivity contribution in [3.8, 4) is 0 Å². The maximum absolute atomic E-state index is 14.2. The highest BCUT2D eigenvalue weighted by molar-refractivity contribution is 5.69. The fraction of sp³-hybridized carbons (Fsp3) is 0.471. The van der Waals surface area contributed by atoms with Gasteiger partial charge in [0, 0.05) is 12.0 Å². The number of likely N-dealkylation sites (tertiary alicyclic amines) is 1. The molecule has 4 nitrogen and oxygen atoms in total. The Bertz CT molecular complexity index is 603. The third-order valence-electron chi connectivity index (χ3n) is 4.47. The summed E-state index contributed by atoms with van der Waals surface area (Å²) in [5.74, 6) is -3.74. The minimum Gasteiger partial charge on any atom is -0.504 e. The van der Waals surface area contributed by atoms with E-state index in [1.54, 1.807) is 0 Å². The minimum absolute atomic E-state index is 0.0832. The maximum atomic E-state index is 14.2. The van der Waals surface area contributed by atoms with Gasteiger partial charge in [-0.05, 0) is 24.0 Å². The number of hydrogen-bond donors (Lipinski definition) is 0. The highest BCUT2D eigenvalue weighted by Gasteiger charge is 2.59. The van der Waals surface area contributed by atoms with E-state index in [0.29, 0.717) is 6.42 Å². The third kappa shape index (κ3) is 3.16. The van der Waals surface area contributed by atoms with Gasteiger partial charge in [-0.2, -0.15) is 0 Å². The lowest BCUT2D eigenvalue weighted by atomic mass is 10.0. The van der Waals surface area contributed by atoms with Gasteiger partial charge in [0.2, 0.25) is 0 Å². The number of ether oxygens (including phenoxy) is 2. The fourth-order valence-electron chi connectivity index (χ4n) is 3.40. The molecule has 1 saturated heterocycles. The van der Waals surface area contributed by atoms with Crippen LogP contribution in [0, 0.1) is 5.92 Å². The third-order valence-corrected chi connectivity index (χ3v) is 4.47. The zero-order chi connectivity index (χ0) is 16.4. The van der Waals surface area contributed by atoms with E-state index in [0.717, 1.165) is 11.1 Å². The number of hydrogen-bond acceptors (Lipinski definition) is 3. The Kier molecular flexibility index (Phi) is 4.24. The number of nitrogens with zero attached hydrogens (tertiary/aromatic N) is 1. The minimum atomic E-state index is -2.89. The molecule has 1 heterocycles. The van der Waals surface area contributed by atoms with Crippen LogP contribution in [0.4, 0.5) is 13.6 Å². The van der Waals surface area contributed by atoms with E-state index in [4.69, 9.17) is 9.47 Å². The summed E-state index contributed by atoms with van der Waals surface area (Å²) in [5.41, 5.74) is 1.64. The number of benzene rings is 1. The molecule has 1 aromatic carbocycles. The average Bonchev–Trinajstić information content (AvgIpc) is 3.05. The zero-order valence-electron chi connectivity index (χ0n) is 12.9. The Labute approximate surface area is 133 Å². The summed E-state index contributed by atoms with van der Waals surface area (Å²) in [7, 11) is 1.49. The van der Waals surface area contributed by atoms with Crippen molar-refractivity contribution in [3.63, 3.8) is 0 Å². The normalized spacial score (nSPS) is 27.1. The summed E-state index contributed by atoms with van der Waals surface area (Å²) < 4.78 is 38.5. The average molecular weight is 323 g/mol. The lowest BCUT2D eigenvalue weighted by Gasteiger charge is -2.22. The number of amides is 1. The van der Waals surface area contributed by atoms with Crippen molar-refractivity contribution in [2.24, 2.45) is 5.92 Å². The number of alkyl halides is 2. The van der Waals surface area contributed by atoms with Gasteiger partial charge >= 0.3 is 6.09 Å². The lowest BCUT2D eigenvalue weighted by Crippen LogP contribution is -2.36. The predicted molar refractivity (Wildman–Crippen MR) is 79.9 cm³/mol. The van der Waals surface area contributed by atoms with Crippen molar-refractivity contribution in [2.45, 2.75) is 31.4 Å². The molecule has 124 valence electrons. The van der Waals surface area contributed by atoms with E-state index < -0.39 is 30.5 Å². The van der Waals surface area contributed by atoms with E-state index in [1.165, 1.54) is 18.3 Å². The van der Waals surface area contributed by atoms with Gasteiger partial charge in [-0.25, -0.2) is 13.6 Å². The van der Waals surface area contributed by atoms with Crippen LogP contribution in [0.15, 0.2) is 42.2 Å². The molecule has 2 fully saturated rings. The van der Waals surface area contributed by atoms with E-state index in [2.05, 4.69) is 0 Å². The highest BCUT2D eigenvalue weighted by atomic mass is 19.3. The SMILES string of the molecule is COC=C1CC2C(C1)C(F)(F)CN2C(=O)OCc1ccccc1. The Hall–Kier alpha value is -2.11. The molecule has 2 unspecified atom stereocenters. The standard InChI is InChI=1S/C17H19F2NO3/c1-22-9-13-7-14-15(8-13)20(11-17(14,18)19)16(21)23-10-12-5-3-2-4-6-12/h2-6,9,14-15H,7-8,10-11H2,1H3. The molecular weight excluding hydrogens is 304 g/mol. The smallest absolute Gasteiger partial charge is 0.410 e. The summed E-state index contributed by atoms with van der Waals surface area (Å²) >= 11 is 0. The molecule has 1 aliphatic carbocycles. The number of carbonyl (C=O) groups is 1. The summed E-state index contributed by atoms with van der Waals surface area (Å²) in [6.07, 6.45) is 1.49. The molecule has 3 rings (SSSR count). The lowest BCUT2D eigenvalue weighted by molar-refractivity contribution is -0.0266. The second kappa shape index (κ2) is 6.18. The zero-order valence-corrected chi connectivity index (χ0v) is 12.9. The van der Waals surface area contributed by atoms with Gasteiger partial charge in [-0.3, -0.25) is 4.90 Å². The first kappa shape index (κ1) is 15.8. The van der Waals surface area contributed by atoms with Crippen LogP contribution < -0.4 is 0 Å². The first-order chi connectivity index (χ1) is 11.0. The predicted octanol–water partition coefficient (Wildman–Crippen LogP) is 3.58.